The maximum Gasteiger partial charge on any atom is 0.322 e. The van der Waals surface area contributed by atoms with Crippen molar-refractivity contribution in [2.75, 3.05) is 5.32 Å². The van der Waals surface area contributed by atoms with Gasteiger partial charge in [0.05, 0.1) is 27.3 Å². The van der Waals surface area contributed by atoms with Crippen LogP contribution in [0.1, 0.15) is 30.1 Å². The zero-order chi connectivity index (χ0) is 20.5. The Bertz CT molecular complexity index is 1100. The first kappa shape index (κ1) is 20.2. The second-order valence-corrected chi connectivity index (χ2v) is 10.2. The van der Waals surface area contributed by atoms with Gasteiger partial charge in [0.2, 0.25) is 5.91 Å². The van der Waals surface area contributed by atoms with Crippen LogP contribution < -0.4 is 5.32 Å². The highest BCUT2D eigenvalue weighted by molar-refractivity contribution is 7.92. The molecule has 10 heteroatoms. The van der Waals surface area contributed by atoms with Crippen molar-refractivity contribution in [3.05, 3.63) is 40.5 Å². The topological polar surface area (TPSA) is 115 Å². The lowest BCUT2D eigenvalue weighted by molar-refractivity contribution is -0.115. The predicted octanol–water partition coefficient (Wildman–Crippen LogP) is 3.17. The fourth-order valence-electron chi connectivity index (χ4n) is 2.51. The Hall–Kier alpha value is -2.59. The standard InChI is InChI=1S/C18H20N4O4S2/c1-10(2)28(24,25)14-7-5-13(6-8-14)9-15(23)20-18-22-21-17(26-18)16-11(3)19-12(4)27-16/h5-8,10H,9H2,1-4H3,(H,20,22,23). The van der Waals surface area contributed by atoms with Gasteiger partial charge in [-0.15, -0.1) is 16.4 Å². The fraction of sp³-hybridized carbons (Fsp3) is 0.333. The molecule has 0 unspecified atom stereocenters. The number of amides is 1. The van der Waals surface area contributed by atoms with Crippen molar-refractivity contribution in [3.63, 3.8) is 0 Å². The SMILES string of the molecule is Cc1nc(C)c(-c2nnc(NC(=O)Cc3ccc(S(=O)(=O)C(C)C)cc3)o2)s1. The summed E-state index contributed by atoms with van der Waals surface area (Å²) in [6, 6.07) is 6.27. The van der Waals surface area contributed by atoms with Crippen LogP contribution in [0.3, 0.4) is 0 Å². The number of carbonyl (C=O) groups is 1. The molecule has 0 bridgehead atoms. The number of carbonyl (C=O) groups excluding carboxylic acids is 1. The molecule has 1 N–H and O–H groups in total. The number of benzene rings is 1. The van der Waals surface area contributed by atoms with Gasteiger partial charge in [0.15, 0.2) is 9.84 Å². The zero-order valence-corrected chi connectivity index (χ0v) is 17.5. The van der Waals surface area contributed by atoms with Crippen LogP contribution in [-0.2, 0) is 21.1 Å². The van der Waals surface area contributed by atoms with Gasteiger partial charge in [0, 0.05) is 0 Å². The Morgan fingerprint density at radius 3 is 2.43 bits per heavy atom. The minimum Gasteiger partial charge on any atom is -0.402 e. The molecule has 0 saturated carbocycles. The predicted molar refractivity (Wildman–Crippen MR) is 106 cm³/mol. The van der Waals surface area contributed by atoms with Gasteiger partial charge in [-0.05, 0) is 45.4 Å². The van der Waals surface area contributed by atoms with Gasteiger partial charge < -0.3 is 4.42 Å². The molecule has 0 saturated heterocycles. The van der Waals surface area contributed by atoms with E-state index in [1.165, 1.54) is 23.5 Å². The quantitative estimate of drug-likeness (QED) is 0.651. The van der Waals surface area contributed by atoms with Gasteiger partial charge in [-0.2, -0.15) is 0 Å². The summed E-state index contributed by atoms with van der Waals surface area (Å²) in [6.07, 6.45) is 0.0540. The number of nitrogens with zero attached hydrogens (tertiary/aromatic N) is 3. The van der Waals surface area contributed by atoms with Crippen molar-refractivity contribution in [1.29, 1.82) is 0 Å². The summed E-state index contributed by atoms with van der Waals surface area (Å²) in [7, 11) is -3.33. The monoisotopic (exact) mass is 420 g/mol. The van der Waals surface area contributed by atoms with Gasteiger partial charge in [0.25, 0.3) is 5.89 Å². The Morgan fingerprint density at radius 2 is 1.86 bits per heavy atom. The van der Waals surface area contributed by atoms with E-state index in [1.807, 2.05) is 13.8 Å². The number of nitrogens with one attached hydrogen (secondary N) is 1. The van der Waals surface area contributed by atoms with Crippen LogP contribution in [0, 0.1) is 13.8 Å². The second-order valence-electron chi connectivity index (χ2n) is 6.52. The molecule has 1 aromatic carbocycles. The molecule has 0 aliphatic heterocycles. The van der Waals surface area contributed by atoms with Crippen LogP contribution in [0.15, 0.2) is 33.6 Å². The second kappa shape index (κ2) is 7.80. The molecule has 8 nitrogen and oxygen atoms in total. The van der Waals surface area contributed by atoms with E-state index >= 15 is 0 Å². The van der Waals surface area contributed by atoms with E-state index in [2.05, 4.69) is 20.5 Å². The molecule has 0 aliphatic rings. The largest absolute Gasteiger partial charge is 0.402 e. The highest BCUT2D eigenvalue weighted by Crippen LogP contribution is 2.29. The molecule has 0 radical (unpaired) electrons. The zero-order valence-electron chi connectivity index (χ0n) is 15.9. The summed E-state index contributed by atoms with van der Waals surface area (Å²) in [5.74, 6) is -0.0338. The minimum atomic E-state index is -3.33. The van der Waals surface area contributed by atoms with E-state index in [1.54, 1.807) is 26.0 Å². The maximum atomic E-state index is 12.2. The Labute approximate surface area is 166 Å². The molecule has 3 rings (SSSR count). The summed E-state index contributed by atoms with van der Waals surface area (Å²) in [5.41, 5.74) is 1.47. The van der Waals surface area contributed by atoms with Crippen molar-refractivity contribution in [2.24, 2.45) is 0 Å². The highest BCUT2D eigenvalue weighted by atomic mass is 32.2. The molecule has 0 spiro atoms. The number of hydrogen-bond acceptors (Lipinski definition) is 8. The van der Waals surface area contributed by atoms with Crippen molar-refractivity contribution in [1.82, 2.24) is 15.2 Å². The molecular weight excluding hydrogens is 400 g/mol. The number of aryl methyl sites for hydroxylation is 2. The van der Waals surface area contributed by atoms with Gasteiger partial charge in [0.1, 0.15) is 4.88 Å². The Balaban J connectivity index is 1.66. The van der Waals surface area contributed by atoms with E-state index < -0.39 is 15.1 Å². The van der Waals surface area contributed by atoms with E-state index in [4.69, 9.17) is 4.42 Å². The lowest BCUT2D eigenvalue weighted by atomic mass is 10.1. The van der Waals surface area contributed by atoms with Crippen molar-refractivity contribution >= 4 is 33.1 Å². The molecular formula is C18H20N4O4S2. The van der Waals surface area contributed by atoms with Crippen LogP contribution in [0.5, 0.6) is 0 Å². The molecule has 0 aliphatic carbocycles. The van der Waals surface area contributed by atoms with Crippen molar-refractivity contribution < 1.29 is 17.6 Å². The van der Waals surface area contributed by atoms with Crippen LogP contribution in [0.4, 0.5) is 6.01 Å². The number of rotatable bonds is 6. The molecule has 2 heterocycles. The summed E-state index contributed by atoms with van der Waals surface area (Å²) in [6.45, 7) is 7.00. The van der Waals surface area contributed by atoms with Gasteiger partial charge >= 0.3 is 6.01 Å². The summed E-state index contributed by atoms with van der Waals surface area (Å²) < 4.78 is 29.8. The average molecular weight is 421 g/mol. The van der Waals surface area contributed by atoms with E-state index in [0.717, 1.165) is 15.6 Å². The van der Waals surface area contributed by atoms with E-state index in [0.29, 0.717) is 11.5 Å². The number of anilines is 1. The number of hydrogen-bond donors (Lipinski definition) is 1. The fourth-order valence-corrected chi connectivity index (χ4v) is 4.41. The lowest BCUT2D eigenvalue weighted by Crippen LogP contribution is -2.16. The van der Waals surface area contributed by atoms with Crippen LogP contribution in [0.2, 0.25) is 0 Å². The van der Waals surface area contributed by atoms with Crippen LogP contribution in [-0.4, -0.2) is 34.8 Å². The third kappa shape index (κ3) is 4.28. The molecule has 28 heavy (non-hydrogen) atoms. The van der Waals surface area contributed by atoms with Crippen LogP contribution >= 0.6 is 11.3 Å². The molecule has 0 fully saturated rings. The van der Waals surface area contributed by atoms with E-state index in [9.17, 15) is 13.2 Å². The average Bonchev–Trinajstić information content (AvgIpc) is 3.20. The summed E-state index contributed by atoms with van der Waals surface area (Å²) >= 11 is 1.44. The molecule has 2 aromatic heterocycles. The third-order valence-electron chi connectivity index (χ3n) is 4.01. The maximum absolute atomic E-state index is 12.2. The molecule has 0 atom stereocenters. The first-order valence-corrected chi connectivity index (χ1v) is 10.9. The third-order valence-corrected chi connectivity index (χ3v) is 7.24. The Kier molecular flexibility index (Phi) is 5.61. The van der Waals surface area contributed by atoms with Gasteiger partial charge in [-0.25, -0.2) is 13.4 Å². The lowest BCUT2D eigenvalue weighted by Gasteiger charge is -2.08. The highest BCUT2D eigenvalue weighted by Gasteiger charge is 2.19. The van der Waals surface area contributed by atoms with Crippen molar-refractivity contribution in [3.8, 4) is 10.8 Å². The van der Waals surface area contributed by atoms with Crippen LogP contribution in [0.25, 0.3) is 10.8 Å². The molecule has 3 aromatic rings. The van der Waals surface area contributed by atoms with E-state index in [-0.39, 0.29) is 23.2 Å². The molecule has 148 valence electrons. The van der Waals surface area contributed by atoms with Gasteiger partial charge in [-0.1, -0.05) is 17.2 Å². The van der Waals surface area contributed by atoms with Gasteiger partial charge in [-0.3, -0.25) is 10.1 Å². The molecule has 1 amide bonds. The smallest absolute Gasteiger partial charge is 0.322 e. The summed E-state index contributed by atoms with van der Waals surface area (Å²) in [5, 5.41) is 10.7. The van der Waals surface area contributed by atoms with Crippen molar-refractivity contribution in [2.45, 2.75) is 44.3 Å². The summed E-state index contributed by atoms with van der Waals surface area (Å²) in [4.78, 5) is 17.5. The normalized spacial score (nSPS) is 11.8. The first-order chi connectivity index (χ1) is 13.2. The Morgan fingerprint density at radius 1 is 1.18 bits per heavy atom. The number of thiazole rings is 1. The minimum absolute atomic E-state index is 0.00413. The number of sulfone groups is 1. The first-order valence-electron chi connectivity index (χ1n) is 8.57. The number of aromatic nitrogens is 3.